The number of pyridine rings is 1. The maximum absolute atomic E-state index is 14.2. The maximum Gasteiger partial charge on any atom is 0.336 e. The number of ether oxygens (including phenoxy) is 1. The van der Waals surface area contributed by atoms with Crippen molar-refractivity contribution in [1.82, 2.24) is 14.5 Å². The lowest BCUT2D eigenvalue weighted by Crippen LogP contribution is -2.50. The minimum atomic E-state index is -1.11. The molecule has 1 aliphatic rings. The number of hydrogen-bond donors (Lipinski definition) is 0. The molecule has 0 saturated carbocycles. The van der Waals surface area contributed by atoms with E-state index in [0.717, 1.165) is 60.3 Å². The quantitative estimate of drug-likeness (QED) is 0.134. The van der Waals surface area contributed by atoms with Gasteiger partial charge in [0.15, 0.2) is 11.2 Å². The first-order chi connectivity index (χ1) is 25.1. The SMILES string of the molecule is CCCCCCCC(=O)OC(CN1CCN(c2ccccn2)CC1)Cn1c(=O)c2c3oc(=O)ccc(=O)oc3c3oc(=O)ccc(=O)oc3c2c1=O. The van der Waals surface area contributed by atoms with Crippen molar-refractivity contribution >= 4 is 44.9 Å². The highest BCUT2D eigenvalue weighted by molar-refractivity contribution is 6.17. The van der Waals surface area contributed by atoms with Crippen LogP contribution in [0.25, 0.3) is 33.1 Å². The molecule has 6 rings (SSSR count). The van der Waals surface area contributed by atoms with Crippen molar-refractivity contribution in [2.24, 2.45) is 0 Å². The van der Waals surface area contributed by atoms with Crippen LogP contribution in [0.2, 0.25) is 0 Å². The normalized spacial score (nSPS) is 14.1. The number of benzene rings is 1. The Morgan fingerprint density at radius 2 is 1.23 bits per heavy atom. The zero-order valence-electron chi connectivity index (χ0n) is 28.4. The number of anilines is 1. The second-order valence-corrected chi connectivity index (χ2v) is 12.4. The van der Waals surface area contributed by atoms with Crippen LogP contribution in [0.1, 0.15) is 45.4 Å². The van der Waals surface area contributed by atoms with Crippen LogP contribution in [0, 0.1) is 0 Å². The molecular formula is C36H36N4O12. The van der Waals surface area contributed by atoms with Crippen LogP contribution in [-0.2, 0) is 16.1 Å². The minimum Gasteiger partial charge on any atom is -0.459 e. The number of fused-ring (bicyclic) bond motifs is 6. The fourth-order valence-corrected chi connectivity index (χ4v) is 6.23. The molecule has 1 atom stereocenters. The number of rotatable bonds is 12. The van der Waals surface area contributed by atoms with E-state index in [1.165, 1.54) is 0 Å². The Labute approximate surface area is 293 Å². The molecule has 16 nitrogen and oxygen atoms in total. The highest BCUT2D eigenvalue weighted by atomic mass is 16.5. The van der Waals surface area contributed by atoms with E-state index in [1.807, 2.05) is 23.1 Å². The number of piperazine rings is 1. The molecule has 0 amide bonds. The van der Waals surface area contributed by atoms with E-state index >= 15 is 0 Å². The fraction of sp³-hybridized carbons (Fsp3) is 0.389. The molecule has 5 aromatic rings. The Hall–Kier alpha value is -5.90. The molecule has 52 heavy (non-hydrogen) atoms. The number of carbonyl (C=O) groups is 1. The molecule has 1 fully saturated rings. The van der Waals surface area contributed by atoms with E-state index in [0.29, 0.717) is 32.6 Å². The van der Waals surface area contributed by atoms with Gasteiger partial charge in [-0.3, -0.25) is 23.9 Å². The number of carbonyl (C=O) groups excluding carboxylic acids is 1. The smallest absolute Gasteiger partial charge is 0.336 e. The van der Waals surface area contributed by atoms with E-state index in [2.05, 4.69) is 16.8 Å². The second-order valence-electron chi connectivity index (χ2n) is 12.4. The van der Waals surface area contributed by atoms with E-state index < -0.39 is 85.3 Å². The lowest BCUT2D eigenvalue weighted by Gasteiger charge is -2.36. The van der Waals surface area contributed by atoms with Gasteiger partial charge in [-0.05, 0) is 18.6 Å². The standard InChI is InChI=1S/C36H36N4O12/c1-2-3-4-5-6-10-24(41)48-22(20-38-16-18-39(19-17-38)23-9-7-8-15-37-23)21-40-35(46)29-30(36(40)47)32-34(52-28(45)14-12-26(43)50-32)33-31(29)49-25(42)11-13-27(44)51-33/h7-9,11-15,22H,2-6,10,16-21H2,1H3. The van der Waals surface area contributed by atoms with Crippen LogP contribution in [0.3, 0.4) is 0 Å². The van der Waals surface area contributed by atoms with Crippen molar-refractivity contribution in [2.75, 3.05) is 37.6 Å². The zero-order chi connectivity index (χ0) is 36.8. The van der Waals surface area contributed by atoms with Crippen molar-refractivity contribution in [2.45, 2.75) is 58.1 Å². The van der Waals surface area contributed by atoms with Gasteiger partial charge in [-0.25, -0.2) is 24.2 Å². The molecular weight excluding hydrogens is 680 g/mol. The Morgan fingerprint density at radius 1 is 0.692 bits per heavy atom. The predicted molar refractivity (Wildman–Crippen MR) is 189 cm³/mol. The Kier molecular flexibility index (Phi) is 11.0. The summed E-state index contributed by atoms with van der Waals surface area (Å²) in [5.74, 6) is 0.327. The maximum atomic E-state index is 14.2. The van der Waals surface area contributed by atoms with E-state index in [1.54, 1.807) is 6.20 Å². The summed E-state index contributed by atoms with van der Waals surface area (Å²) in [6, 6.07) is 8.61. The van der Waals surface area contributed by atoms with Crippen molar-refractivity contribution in [3.8, 4) is 0 Å². The Morgan fingerprint density at radius 3 is 1.75 bits per heavy atom. The first-order valence-electron chi connectivity index (χ1n) is 17.0. The number of esters is 1. The van der Waals surface area contributed by atoms with Crippen molar-refractivity contribution < 1.29 is 27.2 Å². The molecule has 1 unspecified atom stereocenters. The summed E-state index contributed by atoms with van der Waals surface area (Å²) in [6.07, 6.45) is 5.37. The Balaban J connectivity index is 1.44. The van der Waals surface area contributed by atoms with Gasteiger partial charge in [-0.2, -0.15) is 0 Å². The molecule has 272 valence electrons. The summed E-state index contributed by atoms with van der Waals surface area (Å²) in [5, 5.41) is -1.15. The number of nitrogens with zero attached hydrogens (tertiary/aromatic N) is 4. The number of aromatic nitrogens is 2. The summed E-state index contributed by atoms with van der Waals surface area (Å²) in [6.45, 7) is 4.19. The molecule has 1 saturated heterocycles. The highest BCUT2D eigenvalue weighted by Crippen LogP contribution is 2.29. The van der Waals surface area contributed by atoms with Gasteiger partial charge < -0.3 is 27.3 Å². The van der Waals surface area contributed by atoms with Gasteiger partial charge in [0.2, 0.25) is 11.2 Å². The van der Waals surface area contributed by atoms with Crippen molar-refractivity contribution in [3.05, 3.63) is 111 Å². The largest absolute Gasteiger partial charge is 0.459 e. The molecule has 0 bridgehead atoms. The van der Waals surface area contributed by atoms with E-state index in [4.69, 9.17) is 22.4 Å². The average molecular weight is 717 g/mol. The third-order valence-electron chi connectivity index (χ3n) is 8.74. The van der Waals surface area contributed by atoms with Gasteiger partial charge in [0.1, 0.15) is 22.7 Å². The molecule has 0 N–H and O–H groups in total. The van der Waals surface area contributed by atoms with Gasteiger partial charge >= 0.3 is 28.5 Å². The topological polar surface area (TPSA) is 206 Å². The van der Waals surface area contributed by atoms with Crippen LogP contribution in [0.4, 0.5) is 5.82 Å². The molecule has 0 aliphatic carbocycles. The minimum absolute atomic E-state index is 0.139. The lowest BCUT2D eigenvalue weighted by atomic mass is 10.1. The summed E-state index contributed by atoms with van der Waals surface area (Å²) >= 11 is 0. The van der Waals surface area contributed by atoms with Crippen LogP contribution >= 0.6 is 0 Å². The first-order valence-corrected chi connectivity index (χ1v) is 17.0. The molecule has 0 radical (unpaired) electrons. The van der Waals surface area contributed by atoms with Gasteiger partial charge in [0.05, 0.1) is 6.54 Å². The highest BCUT2D eigenvalue weighted by Gasteiger charge is 2.29. The molecule has 0 spiro atoms. The Bertz CT molecular complexity index is 2370. The van der Waals surface area contributed by atoms with E-state index in [-0.39, 0.29) is 13.0 Å². The first kappa shape index (κ1) is 35.9. The summed E-state index contributed by atoms with van der Waals surface area (Å²) in [4.78, 5) is 100. The lowest BCUT2D eigenvalue weighted by molar-refractivity contribution is -0.151. The summed E-state index contributed by atoms with van der Waals surface area (Å²) < 4.78 is 27.9. The molecule has 16 heteroatoms. The van der Waals surface area contributed by atoms with E-state index in [9.17, 15) is 33.6 Å². The average Bonchev–Trinajstić information content (AvgIpc) is 3.36. The third kappa shape index (κ3) is 8.01. The third-order valence-corrected chi connectivity index (χ3v) is 8.74. The van der Waals surface area contributed by atoms with Crippen LogP contribution in [0.15, 0.2) is 95.1 Å². The van der Waals surface area contributed by atoms with Gasteiger partial charge in [-0.15, -0.1) is 0 Å². The summed E-state index contributed by atoms with van der Waals surface area (Å²) in [5.41, 5.74) is -9.33. The van der Waals surface area contributed by atoms with Crippen molar-refractivity contribution in [1.29, 1.82) is 0 Å². The molecule has 1 aliphatic heterocycles. The van der Waals surface area contributed by atoms with Gasteiger partial charge in [0.25, 0.3) is 11.1 Å². The molecule has 4 aromatic heterocycles. The van der Waals surface area contributed by atoms with Crippen LogP contribution in [0.5, 0.6) is 0 Å². The van der Waals surface area contributed by atoms with Crippen LogP contribution < -0.4 is 38.5 Å². The van der Waals surface area contributed by atoms with Crippen molar-refractivity contribution in [3.63, 3.8) is 0 Å². The molecule has 1 aromatic carbocycles. The van der Waals surface area contributed by atoms with Crippen LogP contribution in [-0.4, -0.2) is 59.2 Å². The fourth-order valence-electron chi connectivity index (χ4n) is 6.23. The molecule has 5 heterocycles. The predicted octanol–water partition coefficient (Wildman–Crippen LogP) is 2.53. The van der Waals surface area contributed by atoms with Gasteiger partial charge in [0, 0.05) is 69.6 Å². The zero-order valence-corrected chi connectivity index (χ0v) is 28.4. The monoisotopic (exact) mass is 716 g/mol. The second kappa shape index (κ2) is 16.0. The van der Waals surface area contributed by atoms with Gasteiger partial charge in [-0.1, -0.05) is 38.7 Å². The summed E-state index contributed by atoms with van der Waals surface area (Å²) in [7, 11) is 0. The number of hydrogen-bond acceptors (Lipinski definition) is 15. The number of unbranched alkanes of at least 4 members (excludes halogenated alkanes) is 4.